The van der Waals surface area contributed by atoms with Crippen LogP contribution < -0.4 is 14.9 Å². The van der Waals surface area contributed by atoms with Crippen molar-refractivity contribution in [1.29, 1.82) is 0 Å². The lowest BCUT2D eigenvalue weighted by atomic mass is 10.2. The number of nitrogens with one attached hydrogen (secondary N) is 1. The van der Waals surface area contributed by atoms with Gasteiger partial charge in [-0.1, -0.05) is 19.8 Å². The number of rotatable bonds is 8. The second kappa shape index (κ2) is 8.96. The number of hydrogen-bond donors (Lipinski definition) is 1. The molecule has 0 aliphatic rings. The minimum absolute atomic E-state index is 0.0674. The molecule has 20 heavy (non-hydrogen) atoms. The standard InChI is InChI=1S/C15H22N2O3/c1-4-5-6-7-15(18)17-16-11-12-8-9-13(19-2)10-14(12)20-3/h8-11H,4-7H2,1-3H3,(H,17,18). The second-order valence-corrected chi connectivity index (χ2v) is 4.36. The van der Waals surface area contributed by atoms with Crippen molar-refractivity contribution in [2.24, 2.45) is 5.10 Å². The summed E-state index contributed by atoms with van der Waals surface area (Å²) in [5.41, 5.74) is 3.29. The van der Waals surface area contributed by atoms with Gasteiger partial charge in [0, 0.05) is 18.1 Å². The summed E-state index contributed by atoms with van der Waals surface area (Å²) < 4.78 is 10.4. The number of methoxy groups -OCH3 is 2. The van der Waals surface area contributed by atoms with Crippen LogP contribution in [0.1, 0.15) is 38.2 Å². The maximum absolute atomic E-state index is 11.5. The average molecular weight is 278 g/mol. The van der Waals surface area contributed by atoms with Crippen LogP contribution in [0.15, 0.2) is 23.3 Å². The van der Waals surface area contributed by atoms with Crippen molar-refractivity contribution in [3.05, 3.63) is 23.8 Å². The van der Waals surface area contributed by atoms with Gasteiger partial charge in [-0.05, 0) is 18.6 Å². The number of carbonyl (C=O) groups excluding carboxylic acids is 1. The molecule has 0 unspecified atom stereocenters. The third kappa shape index (κ3) is 5.30. The largest absolute Gasteiger partial charge is 0.497 e. The first-order chi connectivity index (χ1) is 9.71. The molecule has 0 radical (unpaired) electrons. The predicted molar refractivity (Wildman–Crippen MR) is 79.4 cm³/mol. The minimum atomic E-state index is -0.0674. The fraction of sp³-hybridized carbons (Fsp3) is 0.467. The Hall–Kier alpha value is -2.04. The number of benzene rings is 1. The van der Waals surface area contributed by atoms with Crippen LogP contribution in [0, 0.1) is 0 Å². The Morgan fingerprint density at radius 3 is 2.75 bits per heavy atom. The van der Waals surface area contributed by atoms with E-state index < -0.39 is 0 Å². The molecule has 1 N–H and O–H groups in total. The van der Waals surface area contributed by atoms with Gasteiger partial charge in [0.2, 0.25) is 5.91 Å². The zero-order chi connectivity index (χ0) is 14.8. The Morgan fingerprint density at radius 1 is 1.30 bits per heavy atom. The Balaban J connectivity index is 2.55. The Labute approximate surface area is 120 Å². The summed E-state index contributed by atoms with van der Waals surface area (Å²) in [6.45, 7) is 2.10. The molecule has 0 aromatic heterocycles. The lowest BCUT2D eigenvalue weighted by molar-refractivity contribution is -0.121. The monoisotopic (exact) mass is 278 g/mol. The van der Waals surface area contributed by atoms with Gasteiger partial charge >= 0.3 is 0 Å². The van der Waals surface area contributed by atoms with Gasteiger partial charge in [-0.3, -0.25) is 4.79 Å². The number of carbonyl (C=O) groups is 1. The zero-order valence-corrected chi connectivity index (χ0v) is 12.3. The molecule has 0 heterocycles. The van der Waals surface area contributed by atoms with E-state index in [0.717, 1.165) is 24.8 Å². The van der Waals surface area contributed by atoms with Gasteiger partial charge in [-0.25, -0.2) is 5.43 Å². The fourth-order valence-corrected chi connectivity index (χ4v) is 1.69. The number of hydrazone groups is 1. The van der Waals surface area contributed by atoms with Crippen molar-refractivity contribution in [2.45, 2.75) is 32.6 Å². The van der Waals surface area contributed by atoms with Gasteiger partial charge in [0.25, 0.3) is 0 Å². The summed E-state index contributed by atoms with van der Waals surface area (Å²) in [6.07, 6.45) is 5.12. The van der Waals surface area contributed by atoms with Crippen LogP contribution >= 0.6 is 0 Å². The fourth-order valence-electron chi connectivity index (χ4n) is 1.69. The molecule has 1 aromatic carbocycles. The molecule has 0 aliphatic carbocycles. The molecule has 5 heteroatoms. The van der Waals surface area contributed by atoms with Crippen molar-refractivity contribution < 1.29 is 14.3 Å². The van der Waals surface area contributed by atoms with E-state index in [9.17, 15) is 4.79 Å². The molecule has 0 saturated heterocycles. The maximum atomic E-state index is 11.5. The SMILES string of the molecule is CCCCCC(=O)NN=Cc1ccc(OC)cc1OC. The quantitative estimate of drug-likeness (QED) is 0.452. The average Bonchev–Trinajstić information content (AvgIpc) is 2.47. The normalized spacial score (nSPS) is 10.6. The van der Waals surface area contributed by atoms with Gasteiger partial charge in [0.15, 0.2) is 0 Å². The first kappa shape index (κ1) is 16.0. The minimum Gasteiger partial charge on any atom is -0.497 e. The molecular weight excluding hydrogens is 256 g/mol. The van der Waals surface area contributed by atoms with Crippen molar-refractivity contribution in [1.82, 2.24) is 5.43 Å². The molecule has 110 valence electrons. The maximum Gasteiger partial charge on any atom is 0.240 e. The summed E-state index contributed by atoms with van der Waals surface area (Å²) in [6, 6.07) is 5.40. The summed E-state index contributed by atoms with van der Waals surface area (Å²) in [4.78, 5) is 11.5. The lowest BCUT2D eigenvalue weighted by Crippen LogP contribution is -2.16. The highest BCUT2D eigenvalue weighted by atomic mass is 16.5. The Kier molecular flexibility index (Phi) is 7.17. The third-order valence-corrected chi connectivity index (χ3v) is 2.84. The predicted octanol–water partition coefficient (Wildman–Crippen LogP) is 2.73. The Morgan fingerprint density at radius 2 is 2.10 bits per heavy atom. The van der Waals surface area contributed by atoms with E-state index in [1.54, 1.807) is 26.5 Å². The van der Waals surface area contributed by atoms with Crippen LogP contribution in [0.2, 0.25) is 0 Å². The molecule has 0 atom stereocenters. The van der Waals surface area contributed by atoms with E-state index in [0.29, 0.717) is 17.9 Å². The highest BCUT2D eigenvalue weighted by molar-refractivity contribution is 5.85. The molecular formula is C15H22N2O3. The van der Waals surface area contributed by atoms with Crippen LogP contribution in [-0.2, 0) is 4.79 Å². The van der Waals surface area contributed by atoms with Crippen LogP contribution in [0.5, 0.6) is 11.5 Å². The van der Waals surface area contributed by atoms with E-state index in [2.05, 4.69) is 17.5 Å². The number of unbranched alkanes of at least 4 members (excludes halogenated alkanes) is 2. The number of nitrogens with zero attached hydrogens (tertiary/aromatic N) is 1. The van der Waals surface area contributed by atoms with Crippen molar-refractivity contribution in [2.75, 3.05) is 14.2 Å². The molecule has 1 rings (SSSR count). The van der Waals surface area contributed by atoms with Gasteiger partial charge in [-0.15, -0.1) is 0 Å². The number of ether oxygens (including phenoxy) is 2. The summed E-state index contributed by atoms with van der Waals surface area (Å²) in [7, 11) is 3.18. The van der Waals surface area contributed by atoms with Gasteiger partial charge in [-0.2, -0.15) is 5.10 Å². The zero-order valence-electron chi connectivity index (χ0n) is 12.3. The van der Waals surface area contributed by atoms with Crippen LogP contribution in [0.4, 0.5) is 0 Å². The Bertz CT molecular complexity index is 458. The van der Waals surface area contributed by atoms with Crippen molar-refractivity contribution in [3.8, 4) is 11.5 Å². The smallest absolute Gasteiger partial charge is 0.240 e. The molecule has 1 amide bonds. The van der Waals surface area contributed by atoms with E-state index >= 15 is 0 Å². The van der Waals surface area contributed by atoms with E-state index in [1.807, 2.05) is 12.1 Å². The molecule has 0 fully saturated rings. The molecule has 5 nitrogen and oxygen atoms in total. The second-order valence-electron chi connectivity index (χ2n) is 4.36. The third-order valence-electron chi connectivity index (χ3n) is 2.84. The van der Waals surface area contributed by atoms with Crippen molar-refractivity contribution >= 4 is 12.1 Å². The van der Waals surface area contributed by atoms with Crippen LogP contribution in [0.25, 0.3) is 0 Å². The highest BCUT2D eigenvalue weighted by Crippen LogP contribution is 2.22. The molecule has 0 spiro atoms. The summed E-state index contributed by atoms with van der Waals surface area (Å²) in [5, 5.41) is 3.94. The summed E-state index contributed by atoms with van der Waals surface area (Å²) >= 11 is 0. The van der Waals surface area contributed by atoms with Crippen molar-refractivity contribution in [3.63, 3.8) is 0 Å². The van der Waals surface area contributed by atoms with Gasteiger partial charge in [0.05, 0.1) is 20.4 Å². The summed E-state index contributed by atoms with van der Waals surface area (Å²) in [5.74, 6) is 1.29. The van der Waals surface area contributed by atoms with E-state index in [1.165, 1.54) is 0 Å². The lowest BCUT2D eigenvalue weighted by Gasteiger charge is -2.06. The van der Waals surface area contributed by atoms with Crippen LogP contribution in [0.3, 0.4) is 0 Å². The van der Waals surface area contributed by atoms with E-state index in [4.69, 9.17) is 9.47 Å². The van der Waals surface area contributed by atoms with Gasteiger partial charge < -0.3 is 9.47 Å². The topological polar surface area (TPSA) is 59.9 Å². The van der Waals surface area contributed by atoms with Crippen LogP contribution in [-0.4, -0.2) is 26.3 Å². The van der Waals surface area contributed by atoms with Gasteiger partial charge in [0.1, 0.15) is 11.5 Å². The molecule has 0 bridgehead atoms. The first-order valence-corrected chi connectivity index (χ1v) is 6.75. The molecule has 1 aromatic rings. The van der Waals surface area contributed by atoms with E-state index in [-0.39, 0.29) is 5.91 Å². The molecule has 0 saturated carbocycles. The highest BCUT2D eigenvalue weighted by Gasteiger charge is 2.03. The number of hydrogen-bond acceptors (Lipinski definition) is 4. The first-order valence-electron chi connectivity index (χ1n) is 6.75. The number of amides is 1. The molecule has 0 aliphatic heterocycles.